The van der Waals surface area contributed by atoms with Crippen molar-refractivity contribution in [2.24, 2.45) is 0 Å². The molecule has 0 amide bonds. The molecule has 1 saturated heterocycles. The second-order valence-corrected chi connectivity index (χ2v) is 9.03. The molecule has 2 unspecified atom stereocenters. The van der Waals surface area contributed by atoms with Crippen LogP contribution in [0.15, 0.2) is 103 Å². The summed E-state index contributed by atoms with van der Waals surface area (Å²) in [7, 11) is 0. The van der Waals surface area contributed by atoms with E-state index >= 15 is 0 Å². The standard InChI is InChI=1S/C32H32O3/c1-2-3-21-33-29-17-13-27(14-18-29)32(28-15-19-30(20-16-28)34-22-31-23-35-31)26-11-9-25(10-12-26)24-7-5-4-6-8-24/h4-20,31-32H,2-3,21-23H2,1H3. The highest BCUT2D eigenvalue weighted by atomic mass is 16.6. The normalized spacial score (nSPS) is 15.4. The molecule has 4 aromatic rings. The van der Waals surface area contributed by atoms with Crippen molar-refractivity contribution in [3.63, 3.8) is 0 Å². The van der Waals surface area contributed by atoms with Gasteiger partial charge in [-0.2, -0.15) is 0 Å². The van der Waals surface area contributed by atoms with Gasteiger partial charge in [-0.05, 0) is 58.5 Å². The van der Waals surface area contributed by atoms with Crippen molar-refractivity contribution in [1.29, 1.82) is 0 Å². The van der Waals surface area contributed by atoms with Gasteiger partial charge in [-0.3, -0.25) is 0 Å². The summed E-state index contributed by atoms with van der Waals surface area (Å²) in [5.74, 6) is 1.92. The van der Waals surface area contributed by atoms with Crippen LogP contribution < -0.4 is 9.47 Å². The molecule has 35 heavy (non-hydrogen) atoms. The van der Waals surface area contributed by atoms with E-state index in [9.17, 15) is 0 Å². The maximum absolute atomic E-state index is 5.90. The maximum atomic E-state index is 5.90. The Bertz CT molecular complexity index is 1180. The van der Waals surface area contributed by atoms with Gasteiger partial charge in [0.2, 0.25) is 0 Å². The summed E-state index contributed by atoms with van der Waals surface area (Å²) in [6.45, 7) is 4.35. The fourth-order valence-electron chi connectivity index (χ4n) is 4.28. The Kier molecular flexibility index (Phi) is 7.45. The van der Waals surface area contributed by atoms with Crippen molar-refractivity contribution in [1.82, 2.24) is 0 Å². The van der Waals surface area contributed by atoms with E-state index in [-0.39, 0.29) is 12.0 Å². The highest BCUT2D eigenvalue weighted by molar-refractivity contribution is 5.64. The van der Waals surface area contributed by atoms with Gasteiger partial charge in [0, 0.05) is 5.92 Å². The zero-order valence-electron chi connectivity index (χ0n) is 20.2. The third-order valence-electron chi connectivity index (χ3n) is 6.38. The predicted molar refractivity (Wildman–Crippen MR) is 141 cm³/mol. The van der Waals surface area contributed by atoms with E-state index in [1.165, 1.54) is 27.8 Å². The monoisotopic (exact) mass is 464 g/mol. The fraction of sp³-hybridized carbons (Fsp3) is 0.250. The summed E-state index contributed by atoms with van der Waals surface area (Å²) in [6.07, 6.45) is 2.45. The first-order valence-corrected chi connectivity index (χ1v) is 12.5. The number of unbranched alkanes of at least 4 members (excludes halogenated alkanes) is 1. The maximum Gasteiger partial charge on any atom is 0.119 e. The van der Waals surface area contributed by atoms with Crippen LogP contribution in [-0.4, -0.2) is 25.9 Å². The Hall–Kier alpha value is -3.56. The van der Waals surface area contributed by atoms with Crippen LogP contribution >= 0.6 is 0 Å². The molecule has 5 rings (SSSR count). The summed E-state index contributed by atoms with van der Waals surface area (Å²) in [4.78, 5) is 0. The topological polar surface area (TPSA) is 31.0 Å². The second kappa shape index (κ2) is 11.2. The summed E-state index contributed by atoms with van der Waals surface area (Å²) < 4.78 is 17.0. The summed E-state index contributed by atoms with van der Waals surface area (Å²) in [5.41, 5.74) is 6.17. The molecule has 0 bridgehead atoms. The Morgan fingerprint density at radius 3 is 1.74 bits per heavy atom. The van der Waals surface area contributed by atoms with Gasteiger partial charge >= 0.3 is 0 Å². The molecule has 0 aliphatic carbocycles. The van der Waals surface area contributed by atoms with Crippen molar-refractivity contribution in [3.05, 3.63) is 120 Å². The number of hydrogen-bond donors (Lipinski definition) is 0. The fourth-order valence-corrected chi connectivity index (χ4v) is 4.28. The van der Waals surface area contributed by atoms with Gasteiger partial charge in [-0.1, -0.05) is 92.2 Å². The van der Waals surface area contributed by atoms with Crippen molar-refractivity contribution in [2.45, 2.75) is 31.8 Å². The molecule has 1 aliphatic heterocycles. The minimum Gasteiger partial charge on any atom is -0.494 e. The lowest BCUT2D eigenvalue weighted by molar-refractivity contribution is 0.263. The Balaban J connectivity index is 1.42. The van der Waals surface area contributed by atoms with Crippen molar-refractivity contribution in [3.8, 4) is 22.6 Å². The molecular weight excluding hydrogens is 432 g/mol. The van der Waals surface area contributed by atoms with Crippen LogP contribution in [0.25, 0.3) is 11.1 Å². The van der Waals surface area contributed by atoms with Crippen LogP contribution in [0.3, 0.4) is 0 Å². The lowest BCUT2D eigenvalue weighted by atomic mass is 9.84. The third kappa shape index (κ3) is 6.12. The molecular formula is C32H32O3. The number of rotatable bonds is 11. The van der Waals surface area contributed by atoms with E-state index in [0.717, 1.165) is 37.6 Å². The number of benzene rings is 4. The molecule has 0 spiro atoms. The molecule has 0 radical (unpaired) electrons. The molecule has 0 N–H and O–H groups in total. The molecule has 0 aromatic heterocycles. The van der Waals surface area contributed by atoms with Gasteiger partial charge in [-0.15, -0.1) is 0 Å². The van der Waals surface area contributed by atoms with Gasteiger partial charge in [0.05, 0.1) is 13.2 Å². The van der Waals surface area contributed by atoms with Crippen LogP contribution in [-0.2, 0) is 4.74 Å². The second-order valence-electron chi connectivity index (χ2n) is 9.03. The van der Waals surface area contributed by atoms with Crippen LogP contribution in [0, 0.1) is 0 Å². The zero-order chi connectivity index (χ0) is 23.9. The van der Waals surface area contributed by atoms with E-state index in [4.69, 9.17) is 14.2 Å². The molecule has 0 saturated carbocycles. The van der Waals surface area contributed by atoms with Crippen molar-refractivity contribution >= 4 is 0 Å². The average Bonchev–Trinajstić information content (AvgIpc) is 3.75. The molecule has 178 valence electrons. The van der Waals surface area contributed by atoms with Gasteiger partial charge in [0.15, 0.2) is 0 Å². The summed E-state index contributed by atoms with van der Waals surface area (Å²) in [6, 6.07) is 36.4. The van der Waals surface area contributed by atoms with E-state index < -0.39 is 0 Å². The SMILES string of the molecule is CCCCOc1ccc(C(c2ccc(OCC3CO3)cc2)c2ccc(-c3ccccc3)cc2)cc1. The molecule has 1 heterocycles. The van der Waals surface area contributed by atoms with Crippen LogP contribution in [0.2, 0.25) is 0 Å². The summed E-state index contributed by atoms with van der Waals surface area (Å²) >= 11 is 0. The highest BCUT2D eigenvalue weighted by Gasteiger charge is 2.23. The van der Waals surface area contributed by atoms with E-state index in [2.05, 4.69) is 110 Å². The minimum atomic E-state index is 0.116. The minimum absolute atomic E-state index is 0.116. The Morgan fingerprint density at radius 1 is 0.686 bits per heavy atom. The lowest BCUT2D eigenvalue weighted by Gasteiger charge is -2.20. The smallest absolute Gasteiger partial charge is 0.119 e. The first-order valence-electron chi connectivity index (χ1n) is 12.5. The number of ether oxygens (including phenoxy) is 3. The lowest BCUT2D eigenvalue weighted by Crippen LogP contribution is -2.06. The largest absolute Gasteiger partial charge is 0.494 e. The Morgan fingerprint density at radius 2 is 1.20 bits per heavy atom. The number of hydrogen-bond acceptors (Lipinski definition) is 3. The van der Waals surface area contributed by atoms with Crippen molar-refractivity contribution < 1.29 is 14.2 Å². The molecule has 3 nitrogen and oxygen atoms in total. The number of epoxide rings is 1. The first-order chi connectivity index (χ1) is 17.3. The van der Waals surface area contributed by atoms with E-state index in [1.54, 1.807) is 0 Å². The Labute approximate surface area is 208 Å². The quantitative estimate of drug-likeness (QED) is 0.131. The van der Waals surface area contributed by atoms with Gasteiger partial charge < -0.3 is 14.2 Å². The van der Waals surface area contributed by atoms with Crippen LogP contribution in [0.4, 0.5) is 0 Å². The van der Waals surface area contributed by atoms with Crippen molar-refractivity contribution in [2.75, 3.05) is 19.8 Å². The average molecular weight is 465 g/mol. The summed E-state index contributed by atoms with van der Waals surface area (Å²) in [5, 5.41) is 0. The molecule has 3 heteroatoms. The van der Waals surface area contributed by atoms with Gasteiger partial charge in [-0.25, -0.2) is 0 Å². The molecule has 2 atom stereocenters. The molecule has 1 aliphatic rings. The van der Waals surface area contributed by atoms with Crippen LogP contribution in [0.1, 0.15) is 42.4 Å². The first kappa shape index (κ1) is 23.2. The van der Waals surface area contributed by atoms with E-state index in [1.807, 2.05) is 0 Å². The van der Waals surface area contributed by atoms with E-state index in [0.29, 0.717) is 6.61 Å². The van der Waals surface area contributed by atoms with Gasteiger partial charge in [0.25, 0.3) is 0 Å². The predicted octanol–water partition coefficient (Wildman–Crippen LogP) is 7.49. The van der Waals surface area contributed by atoms with Gasteiger partial charge in [0.1, 0.15) is 24.2 Å². The molecule has 4 aromatic carbocycles. The third-order valence-corrected chi connectivity index (χ3v) is 6.38. The molecule has 1 fully saturated rings. The van der Waals surface area contributed by atoms with Crippen LogP contribution in [0.5, 0.6) is 11.5 Å². The zero-order valence-corrected chi connectivity index (χ0v) is 20.2. The highest BCUT2D eigenvalue weighted by Crippen LogP contribution is 2.35.